The number of benzene rings is 2. The van der Waals surface area contributed by atoms with Crippen LogP contribution in [0.3, 0.4) is 0 Å². The SMILES string of the molecule is CCSC1(SCC)CCCOC1CO[Si](c1ccccc1)(c1ccccc1)C(C)(C)C. The van der Waals surface area contributed by atoms with Crippen molar-refractivity contribution >= 4 is 42.2 Å². The minimum atomic E-state index is -2.54. The summed E-state index contributed by atoms with van der Waals surface area (Å²) in [7, 11) is -2.54. The van der Waals surface area contributed by atoms with Crippen molar-refractivity contribution in [3.8, 4) is 0 Å². The Hall–Kier alpha value is -0.723. The zero-order valence-corrected chi connectivity index (χ0v) is 22.4. The molecule has 5 heteroatoms. The molecule has 0 saturated carbocycles. The predicted molar refractivity (Wildman–Crippen MR) is 142 cm³/mol. The Morgan fingerprint density at radius 3 is 1.90 bits per heavy atom. The van der Waals surface area contributed by atoms with Crippen LogP contribution in [0.25, 0.3) is 0 Å². The molecule has 1 aliphatic heterocycles. The number of ether oxygens (including phenoxy) is 1. The molecule has 0 radical (unpaired) electrons. The first-order chi connectivity index (χ1) is 14.9. The summed E-state index contributed by atoms with van der Waals surface area (Å²) in [5, 5.41) is 2.66. The molecule has 2 aromatic rings. The van der Waals surface area contributed by atoms with E-state index in [1.807, 2.05) is 0 Å². The van der Waals surface area contributed by atoms with Gasteiger partial charge in [-0.05, 0) is 39.8 Å². The van der Waals surface area contributed by atoms with Gasteiger partial charge in [0.2, 0.25) is 0 Å². The number of rotatable bonds is 9. The normalized spacial score (nSPS) is 19.3. The van der Waals surface area contributed by atoms with E-state index in [4.69, 9.17) is 9.16 Å². The van der Waals surface area contributed by atoms with E-state index in [1.54, 1.807) is 0 Å². The quantitative estimate of drug-likeness (QED) is 0.330. The van der Waals surface area contributed by atoms with E-state index in [1.165, 1.54) is 16.8 Å². The van der Waals surface area contributed by atoms with Gasteiger partial charge in [-0.1, -0.05) is 95.3 Å². The molecule has 1 heterocycles. The smallest absolute Gasteiger partial charge is 0.261 e. The van der Waals surface area contributed by atoms with Gasteiger partial charge in [-0.2, -0.15) is 0 Å². The van der Waals surface area contributed by atoms with Gasteiger partial charge in [0.05, 0.1) is 10.7 Å². The molecule has 2 aromatic carbocycles. The fraction of sp³-hybridized carbons (Fsp3) is 0.538. The Bertz CT molecular complexity index is 741. The first-order valence-corrected chi connectivity index (χ1v) is 15.4. The van der Waals surface area contributed by atoms with Gasteiger partial charge >= 0.3 is 0 Å². The average Bonchev–Trinajstić information content (AvgIpc) is 2.76. The summed E-state index contributed by atoms with van der Waals surface area (Å²) in [4.78, 5) is 0. The first kappa shape index (κ1) is 24.9. The topological polar surface area (TPSA) is 18.5 Å². The fourth-order valence-corrected chi connectivity index (χ4v) is 12.6. The molecule has 1 unspecified atom stereocenters. The molecule has 0 N–H and O–H groups in total. The van der Waals surface area contributed by atoms with Crippen molar-refractivity contribution in [1.82, 2.24) is 0 Å². The highest BCUT2D eigenvalue weighted by atomic mass is 32.2. The monoisotopic (exact) mass is 474 g/mol. The van der Waals surface area contributed by atoms with Crippen molar-refractivity contribution in [2.75, 3.05) is 24.7 Å². The highest BCUT2D eigenvalue weighted by Gasteiger charge is 2.52. The van der Waals surface area contributed by atoms with Crippen LogP contribution in [-0.4, -0.2) is 43.2 Å². The van der Waals surface area contributed by atoms with Crippen LogP contribution in [0.15, 0.2) is 60.7 Å². The lowest BCUT2D eigenvalue weighted by molar-refractivity contribution is -0.0160. The Kier molecular flexibility index (Phi) is 8.78. The van der Waals surface area contributed by atoms with E-state index in [9.17, 15) is 0 Å². The van der Waals surface area contributed by atoms with E-state index in [-0.39, 0.29) is 15.2 Å². The molecule has 0 aliphatic carbocycles. The average molecular weight is 475 g/mol. The molecule has 1 fully saturated rings. The summed E-state index contributed by atoms with van der Waals surface area (Å²) in [5.41, 5.74) is 0. The van der Waals surface area contributed by atoms with Gasteiger partial charge in [-0.3, -0.25) is 0 Å². The summed E-state index contributed by atoms with van der Waals surface area (Å²) in [5.74, 6) is 2.21. The highest BCUT2D eigenvalue weighted by Crippen LogP contribution is 2.48. The van der Waals surface area contributed by atoms with Crippen LogP contribution in [0.4, 0.5) is 0 Å². The second kappa shape index (κ2) is 10.9. The summed E-state index contributed by atoms with van der Waals surface area (Å²) >= 11 is 4.11. The Labute approximate surface area is 199 Å². The third kappa shape index (κ3) is 5.27. The van der Waals surface area contributed by atoms with Gasteiger partial charge in [0, 0.05) is 6.61 Å². The van der Waals surface area contributed by atoms with Crippen molar-refractivity contribution in [2.45, 2.75) is 62.7 Å². The molecule has 0 aromatic heterocycles. The van der Waals surface area contributed by atoms with E-state index in [2.05, 4.69) is 119 Å². The van der Waals surface area contributed by atoms with Gasteiger partial charge in [-0.15, -0.1) is 23.5 Å². The number of hydrogen-bond donors (Lipinski definition) is 0. The molecule has 2 nitrogen and oxygen atoms in total. The van der Waals surface area contributed by atoms with Crippen LogP contribution < -0.4 is 10.4 Å². The van der Waals surface area contributed by atoms with E-state index in [0.29, 0.717) is 6.61 Å². The molecule has 3 rings (SSSR count). The van der Waals surface area contributed by atoms with E-state index in [0.717, 1.165) is 24.5 Å². The van der Waals surface area contributed by atoms with Crippen molar-refractivity contribution in [3.05, 3.63) is 60.7 Å². The molecule has 1 saturated heterocycles. The van der Waals surface area contributed by atoms with Crippen LogP contribution in [0.2, 0.25) is 5.04 Å². The number of thioether (sulfide) groups is 2. The van der Waals surface area contributed by atoms with Crippen LogP contribution in [-0.2, 0) is 9.16 Å². The van der Waals surface area contributed by atoms with Crippen LogP contribution in [0, 0.1) is 0 Å². The zero-order valence-electron chi connectivity index (χ0n) is 19.7. The Morgan fingerprint density at radius 1 is 0.935 bits per heavy atom. The maximum atomic E-state index is 7.24. The molecule has 1 aliphatic rings. The molecular weight excluding hydrogens is 437 g/mol. The molecule has 170 valence electrons. The third-order valence-electron chi connectivity index (χ3n) is 6.12. The summed E-state index contributed by atoms with van der Waals surface area (Å²) < 4.78 is 13.8. The standard InChI is InChI=1S/C26H38O2S2Si/c1-6-29-26(30-7-2)19-14-20-27-24(26)21-28-31(25(3,4)5,22-15-10-8-11-16-22)23-17-12-9-13-18-23/h8-13,15-18,24H,6-7,14,19-21H2,1-5H3. The van der Waals surface area contributed by atoms with E-state index < -0.39 is 8.32 Å². The maximum Gasteiger partial charge on any atom is 0.261 e. The van der Waals surface area contributed by atoms with E-state index >= 15 is 0 Å². The summed E-state index contributed by atoms with van der Waals surface area (Å²) in [6.45, 7) is 13.0. The molecule has 31 heavy (non-hydrogen) atoms. The largest absolute Gasteiger partial charge is 0.405 e. The van der Waals surface area contributed by atoms with Gasteiger partial charge < -0.3 is 9.16 Å². The van der Waals surface area contributed by atoms with Crippen molar-refractivity contribution < 1.29 is 9.16 Å². The highest BCUT2D eigenvalue weighted by molar-refractivity contribution is 8.18. The number of hydrogen-bond acceptors (Lipinski definition) is 4. The Balaban J connectivity index is 2.03. The van der Waals surface area contributed by atoms with Gasteiger partial charge in [0.25, 0.3) is 8.32 Å². The molecule has 0 amide bonds. The minimum Gasteiger partial charge on any atom is -0.405 e. The van der Waals surface area contributed by atoms with Crippen molar-refractivity contribution in [1.29, 1.82) is 0 Å². The molecule has 0 bridgehead atoms. The van der Waals surface area contributed by atoms with Crippen molar-refractivity contribution in [2.24, 2.45) is 0 Å². The summed E-state index contributed by atoms with van der Waals surface area (Å²) in [6, 6.07) is 21.9. The van der Waals surface area contributed by atoms with Crippen LogP contribution in [0.1, 0.15) is 47.5 Å². The lowest BCUT2D eigenvalue weighted by Crippen LogP contribution is -2.67. The van der Waals surface area contributed by atoms with Crippen LogP contribution in [0.5, 0.6) is 0 Å². The lowest BCUT2D eigenvalue weighted by Gasteiger charge is -2.47. The van der Waals surface area contributed by atoms with Gasteiger partial charge in [0.15, 0.2) is 0 Å². The summed E-state index contributed by atoms with van der Waals surface area (Å²) in [6.07, 6.45) is 2.44. The first-order valence-electron chi connectivity index (χ1n) is 11.5. The second-order valence-corrected chi connectivity index (χ2v) is 16.9. The maximum absolute atomic E-state index is 7.24. The third-order valence-corrected chi connectivity index (χ3v) is 14.3. The van der Waals surface area contributed by atoms with Crippen LogP contribution >= 0.6 is 23.5 Å². The van der Waals surface area contributed by atoms with Gasteiger partial charge in [0.1, 0.15) is 6.10 Å². The van der Waals surface area contributed by atoms with Crippen molar-refractivity contribution in [3.63, 3.8) is 0 Å². The van der Waals surface area contributed by atoms with Gasteiger partial charge in [-0.25, -0.2) is 0 Å². The Morgan fingerprint density at radius 2 is 1.45 bits per heavy atom. The molecular formula is C26H38O2S2Si. The molecule has 0 spiro atoms. The predicted octanol–water partition coefficient (Wildman–Crippen LogP) is 5.94. The zero-order chi connectivity index (χ0) is 22.4. The lowest BCUT2D eigenvalue weighted by atomic mass is 10.1. The minimum absolute atomic E-state index is 0.0111. The molecule has 1 atom stereocenters. The fourth-order valence-electron chi connectivity index (χ4n) is 4.83. The second-order valence-electron chi connectivity index (χ2n) is 9.12.